The Morgan fingerprint density at radius 1 is 1.23 bits per heavy atom. The van der Waals surface area contributed by atoms with Gasteiger partial charge in [0.05, 0.1) is 12.5 Å². The number of carbonyl (C=O) groups excluding carboxylic acids is 1. The standard InChI is InChI=1S/C16H18N2O7S/c19-15(17-9-11-5-8-24-10-11)12-3-6-18(7-4-12)26(22,23)14-2-1-13(25-14)16(20)21/h1-2,5,8,10,12H,3-4,6-7,9H2,(H,17,19)(H,20,21). The second-order valence-electron chi connectivity index (χ2n) is 5.95. The Bertz CT molecular complexity index is 878. The minimum atomic E-state index is -3.91. The third-order valence-corrected chi connectivity index (χ3v) is 6.03. The second kappa shape index (κ2) is 7.34. The summed E-state index contributed by atoms with van der Waals surface area (Å²) < 4.78 is 36.1. The monoisotopic (exact) mass is 382 g/mol. The highest BCUT2D eigenvalue weighted by Crippen LogP contribution is 2.25. The summed E-state index contributed by atoms with van der Waals surface area (Å²) in [5, 5.41) is 11.2. The molecule has 26 heavy (non-hydrogen) atoms. The molecule has 1 fully saturated rings. The molecule has 2 aromatic rings. The van der Waals surface area contributed by atoms with E-state index in [1.54, 1.807) is 12.3 Å². The molecule has 0 saturated carbocycles. The number of nitrogens with zero attached hydrogens (tertiary/aromatic N) is 1. The molecule has 140 valence electrons. The van der Waals surface area contributed by atoms with Crippen LogP contribution in [0.5, 0.6) is 0 Å². The van der Waals surface area contributed by atoms with Gasteiger partial charge in [-0.25, -0.2) is 13.2 Å². The molecule has 3 rings (SSSR count). The van der Waals surface area contributed by atoms with Gasteiger partial charge in [-0.2, -0.15) is 4.31 Å². The maximum absolute atomic E-state index is 12.5. The van der Waals surface area contributed by atoms with Gasteiger partial charge in [0.1, 0.15) is 0 Å². The molecule has 0 aliphatic carbocycles. The molecule has 2 N–H and O–H groups in total. The van der Waals surface area contributed by atoms with E-state index < -0.39 is 26.8 Å². The molecule has 0 atom stereocenters. The van der Waals surface area contributed by atoms with E-state index in [1.807, 2.05) is 0 Å². The van der Waals surface area contributed by atoms with Crippen LogP contribution in [0, 0.1) is 5.92 Å². The van der Waals surface area contributed by atoms with Crippen LogP contribution in [0.15, 0.2) is 44.7 Å². The van der Waals surface area contributed by atoms with Crippen molar-refractivity contribution >= 4 is 21.9 Å². The lowest BCUT2D eigenvalue weighted by Crippen LogP contribution is -2.42. The van der Waals surface area contributed by atoms with Crippen molar-refractivity contribution in [3.05, 3.63) is 42.0 Å². The Morgan fingerprint density at radius 2 is 1.96 bits per heavy atom. The van der Waals surface area contributed by atoms with Gasteiger partial charge in [0.2, 0.25) is 16.8 Å². The Labute approximate surface area is 149 Å². The van der Waals surface area contributed by atoms with Crippen LogP contribution in [-0.4, -0.2) is 42.8 Å². The Balaban J connectivity index is 1.56. The third kappa shape index (κ3) is 3.81. The molecule has 1 amide bonds. The van der Waals surface area contributed by atoms with E-state index in [-0.39, 0.29) is 24.9 Å². The van der Waals surface area contributed by atoms with Gasteiger partial charge in [0.25, 0.3) is 10.0 Å². The fourth-order valence-electron chi connectivity index (χ4n) is 2.79. The first kappa shape index (κ1) is 18.2. The number of carboxylic acid groups (broad SMARTS) is 1. The molecule has 1 aliphatic rings. The molecule has 1 aliphatic heterocycles. The highest BCUT2D eigenvalue weighted by Gasteiger charge is 2.34. The molecule has 0 radical (unpaired) electrons. The maximum Gasteiger partial charge on any atom is 0.371 e. The first-order chi connectivity index (χ1) is 12.4. The quantitative estimate of drug-likeness (QED) is 0.770. The number of sulfonamides is 1. The number of carbonyl (C=O) groups is 2. The minimum absolute atomic E-state index is 0.130. The molecule has 2 aromatic heterocycles. The van der Waals surface area contributed by atoms with Crippen LogP contribution in [0.1, 0.15) is 29.0 Å². The second-order valence-corrected chi connectivity index (χ2v) is 7.82. The fourth-order valence-corrected chi connectivity index (χ4v) is 4.17. The predicted molar refractivity (Wildman–Crippen MR) is 87.7 cm³/mol. The largest absolute Gasteiger partial charge is 0.475 e. The van der Waals surface area contributed by atoms with Crippen molar-refractivity contribution in [3.63, 3.8) is 0 Å². The molecule has 3 heterocycles. The molecule has 0 aromatic carbocycles. The van der Waals surface area contributed by atoms with Crippen molar-refractivity contribution in [1.29, 1.82) is 0 Å². The number of hydrogen-bond donors (Lipinski definition) is 2. The lowest BCUT2D eigenvalue weighted by atomic mass is 9.97. The zero-order valence-electron chi connectivity index (χ0n) is 13.8. The molecule has 9 nitrogen and oxygen atoms in total. The van der Waals surface area contributed by atoms with Crippen LogP contribution < -0.4 is 5.32 Å². The number of nitrogens with one attached hydrogen (secondary N) is 1. The Hall–Kier alpha value is -2.59. The fraction of sp³-hybridized carbons (Fsp3) is 0.375. The summed E-state index contributed by atoms with van der Waals surface area (Å²) in [6, 6.07) is 3.98. The zero-order chi connectivity index (χ0) is 18.7. The lowest BCUT2D eigenvalue weighted by molar-refractivity contribution is -0.126. The van der Waals surface area contributed by atoms with Gasteiger partial charge in [-0.3, -0.25) is 4.79 Å². The number of carboxylic acids is 1. The molecule has 0 unspecified atom stereocenters. The van der Waals surface area contributed by atoms with Crippen LogP contribution >= 0.6 is 0 Å². The minimum Gasteiger partial charge on any atom is -0.475 e. The summed E-state index contributed by atoms with van der Waals surface area (Å²) in [5.74, 6) is -2.18. The van der Waals surface area contributed by atoms with E-state index in [0.29, 0.717) is 19.4 Å². The van der Waals surface area contributed by atoms with Crippen molar-refractivity contribution in [2.24, 2.45) is 5.92 Å². The van der Waals surface area contributed by atoms with Crippen LogP contribution in [0.2, 0.25) is 0 Å². The average Bonchev–Trinajstić information content (AvgIpc) is 3.31. The van der Waals surface area contributed by atoms with Gasteiger partial charge in [-0.15, -0.1) is 0 Å². The number of rotatable bonds is 6. The number of amides is 1. The van der Waals surface area contributed by atoms with Crippen LogP contribution in [0.4, 0.5) is 0 Å². The van der Waals surface area contributed by atoms with Crippen molar-refractivity contribution in [2.45, 2.75) is 24.5 Å². The van der Waals surface area contributed by atoms with Crippen molar-refractivity contribution in [3.8, 4) is 0 Å². The van der Waals surface area contributed by atoms with Gasteiger partial charge >= 0.3 is 5.97 Å². The van der Waals surface area contributed by atoms with Gasteiger partial charge in [0.15, 0.2) is 0 Å². The number of hydrogen-bond acceptors (Lipinski definition) is 6. The predicted octanol–water partition coefficient (Wildman–Crippen LogP) is 1.29. The third-order valence-electron chi connectivity index (χ3n) is 4.26. The Kier molecular flexibility index (Phi) is 5.14. The van der Waals surface area contributed by atoms with Gasteiger partial charge in [0, 0.05) is 31.1 Å². The summed E-state index contributed by atoms with van der Waals surface area (Å²) in [6.45, 7) is 0.683. The first-order valence-corrected chi connectivity index (χ1v) is 9.44. The SMILES string of the molecule is O=C(O)c1ccc(S(=O)(=O)N2CCC(C(=O)NCc3ccoc3)CC2)o1. The van der Waals surface area contributed by atoms with Crippen molar-refractivity contribution in [2.75, 3.05) is 13.1 Å². The topological polar surface area (TPSA) is 130 Å². The lowest BCUT2D eigenvalue weighted by Gasteiger charge is -2.29. The van der Waals surface area contributed by atoms with E-state index >= 15 is 0 Å². The highest BCUT2D eigenvalue weighted by molar-refractivity contribution is 7.89. The van der Waals surface area contributed by atoms with Crippen molar-refractivity contribution in [1.82, 2.24) is 9.62 Å². The van der Waals surface area contributed by atoms with Gasteiger partial charge in [-0.1, -0.05) is 0 Å². The van der Waals surface area contributed by atoms with E-state index in [0.717, 1.165) is 17.7 Å². The highest BCUT2D eigenvalue weighted by atomic mass is 32.2. The molecule has 0 bridgehead atoms. The summed E-state index contributed by atoms with van der Waals surface area (Å²) in [5.41, 5.74) is 0.852. The van der Waals surface area contributed by atoms with Crippen LogP contribution in [0.25, 0.3) is 0 Å². The molecular weight excluding hydrogens is 364 g/mol. The number of aromatic carboxylic acids is 1. The molecular formula is C16H18N2O7S. The number of piperidine rings is 1. The normalized spacial score (nSPS) is 16.5. The number of furan rings is 2. The summed E-state index contributed by atoms with van der Waals surface area (Å²) in [7, 11) is -3.91. The zero-order valence-corrected chi connectivity index (χ0v) is 14.6. The van der Waals surface area contributed by atoms with E-state index in [2.05, 4.69) is 5.32 Å². The maximum atomic E-state index is 12.5. The first-order valence-electron chi connectivity index (χ1n) is 8.00. The van der Waals surface area contributed by atoms with Crippen LogP contribution in [0.3, 0.4) is 0 Å². The Morgan fingerprint density at radius 3 is 2.54 bits per heavy atom. The molecule has 1 saturated heterocycles. The van der Waals surface area contributed by atoms with E-state index in [9.17, 15) is 18.0 Å². The smallest absolute Gasteiger partial charge is 0.371 e. The molecule has 0 spiro atoms. The summed E-state index contributed by atoms with van der Waals surface area (Å²) in [6.07, 6.45) is 3.82. The molecule has 10 heteroatoms. The van der Waals surface area contributed by atoms with Gasteiger partial charge < -0.3 is 19.3 Å². The summed E-state index contributed by atoms with van der Waals surface area (Å²) in [4.78, 5) is 23.0. The average molecular weight is 382 g/mol. The van der Waals surface area contributed by atoms with Crippen molar-refractivity contribution < 1.29 is 31.9 Å². The van der Waals surface area contributed by atoms with E-state index in [1.165, 1.54) is 10.6 Å². The summed E-state index contributed by atoms with van der Waals surface area (Å²) >= 11 is 0. The van der Waals surface area contributed by atoms with Crippen LogP contribution in [-0.2, 0) is 21.4 Å². The van der Waals surface area contributed by atoms with Gasteiger partial charge in [-0.05, 0) is 31.0 Å². The van der Waals surface area contributed by atoms with E-state index in [4.69, 9.17) is 13.9 Å².